The summed E-state index contributed by atoms with van der Waals surface area (Å²) in [6, 6.07) is 5.00. The zero-order valence-corrected chi connectivity index (χ0v) is 17.0. The quantitative estimate of drug-likeness (QED) is 0.627. The van der Waals surface area contributed by atoms with E-state index in [-0.39, 0.29) is 28.8 Å². The van der Waals surface area contributed by atoms with Gasteiger partial charge in [-0.05, 0) is 18.1 Å². The van der Waals surface area contributed by atoms with Gasteiger partial charge in [-0.3, -0.25) is 5.32 Å². The number of hydrogen-bond donors (Lipinski definition) is 2. The number of carbonyl (C=O) groups excluding carboxylic acids is 2. The van der Waals surface area contributed by atoms with Crippen LogP contribution in [0.5, 0.6) is 11.8 Å². The molecule has 29 heavy (non-hydrogen) atoms. The molecule has 0 atom stereocenters. The Hall–Kier alpha value is -3.41. The number of methoxy groups -OCH3 is 3. The number of urea groups is 1. The Morgan fingerprint density at radius 1 is 1.07 bits per heavy atom. The molecular weight excluding hydrogens is 404 g/mol. The largest absolute Gasteiger partial charge is 0.481 e. The third-order valence-corrected chi connectivity index (χ3v) is 4.85. The monoisotopic (exact) mass is 424 g/mol. The van der Waals surface area contributed by atoms with Gasteiger partial charge in [-0.25, -0.2) is 22.7 Å². The molecule has 0 fully saturated rings. The van der Waals surface area contributed by atoms with Crippen molar-refractivity contribution in [3.05, 3.63) is 41.0 Å². The maximum Gasteiger partial charge on any atom is 0.338 e. The molecule has 0 aliphatic carbocycles. The Morgan fingerprint density at radius 2 is 1.69 bits per heavy atom. The first-order chi connectivity index (χ1) is 13.7. The number of carbonyl (C=O) groups is 2. The molecule has 1 aromatic carbocycles. The van der Waals surface area contributed by atoms with E-state index in [9.17, 15) is 18.0 Å². The van der Waals surface area contributed by atoms with E-state index in [1.807, 2.05) is 4.72 Å². The Kier molecular flexibility index (Phi) is 6.93. The van der Waals surface area contributed by atoms with E-state index in [2.05, 4.69) is 15.3 Å². The molecule has 11 nitrogen and oxygen atoms in total. The Bertz CT molecular complexity index is 1000. The normalized spacial score (nSPS) is 10.8. The van der Waals surface area contributed by atoms with E-state index in [4.69, 9.17) is 14.2 Å². The van der Waals surface area contributed by atoms with Crippen LogP contribution in [0.25, 0.3) is 0 Å². The number of benzene rings is 1. The van der Waals surface area contributed by atoms with Gasteiger partial charge < -0.3 is 14.2 Å². The molecule has 156 valence electrons. The maximum atomic E-state index is 12.4. The highest BCUT2D eigenvalue weighted by Gasteiger charge is 2.22. The van der Waals surface area contributed by atoms with E-state index >= 15 is 0 Å². The predicted octanol–water partition coefficient (Wildman–Crippen LogP) is 1.24. The van der Waals surface area contributed by atoms with E-state index in [0.717, 1.165) is 0 Å². The summed E-state index contributed by atoms with van der Waals surface area (Å²) < 4.78 is 41.3. The van der Waals surface area contributed by atoms with Crippen molar-refractivity contribution in [1.82, 2.24) is 14.7 Å². The molecule has 0 radical (unpaired) electrons. The standard InChI is InChI=1S/C17H20N4O7S/c1-10-6-5-7-11(14(10)15(22)28-4)9-29(24,25)21-17(23)20-16-18-12(26-2)8-13(19-16)27-3/h5-8H,9H2,1-4H3,(H2,18,19,20,21,23). The predicted molar refractivity (Wildman–Crippen MR) is 102 cm³/mol. The van der Waals surface area contributed by atoms with Gasteiger partial charge in [0, 0.05) is 0 Å². The van der Waals surface area contributed by atoms with Crippen molar-refractivity contribution in [2.45, 2.75) is 12.7 Å². The minimum atomic E-state index is -4.15. The fraction of sp³-hybridized carbons (Fsp3) is 0.294. The number of ether oxygens (including phenoxy) is 3. The molecule has 0 saturated carbocycles. The minimum Gasteiger partial charge on any atom is -0.481 e. The van der Waals surface area contributed by atoms with Crippen LogP contribution in [-0.2, 0) is 20.5 Å². The zero-order valence-electron chi connectivity index (χ0n) is 16.2. The summed E-state index contributed by atoms with van der Waals surface area (Å²) in [4.78, 5) is 31.8. The van der Waals surface area contributed by atoms with Crippen molar-refractivity contribution in [3.8, 4) is 11.8 Å². The molecule has 2 rings (SSSR count). The molecule has 12 heteroatoms. The maximum absolute atomic E-state index is 12.4. The van der Waals surface area contributed by atoms with Gasteiger partial charge in [-0.1, -0.05) is 18.2 Å². The highest BCUT2D eigenvalue weighted by Crippen LogP contribution is 2.19. The van der Waals surface area contributed by atoms with Crippen molar-refractivity contribution >= 4 is 28.0 Å². The first kappa shape index (κ1) is 21.9. The van der Waals surface area contributed by atoms with Crippen LogP contribution in [0.15, 0.2) is 24.3 Å². The van der Waals surface area contributed by atoms with Gasteiger partial charge in [0.1, 0.15) is 0 Å². The smallest absolute Gasteiger partial charge is 0.338 e. The first-order valence-electron chi connectivity index (χ1n) is 8.14. The van der Waals surface area contributed by atoms with Crippen molar-refractivity contribution in [1.29, 1.82) is 0 Å². The summed E-state index contributed by atoms with van der Waals surface area (Å²) in [5.74, 6) is -1.29. The highest BCUT2D eigenvalue weighted by atomic mass is 32.2. The SMILES string of the molecule is COC(=O)c1c(C)cccc1CS(=O)(=O)NC(=O)Nc1nc(OC)cc(OC)n1. The van der Waals surface area contributed by atoms with Crippen LogP contribution in [0.4, 0.5) is 10.7 Å². The number of esters is 1. The average molecular weight is 424 g/mol. The number of anilines is 1. The number of rotatable bonds is 7. The van der Waals surface area contributed by atoms with Crippen LogP contribution >= 0.6 is 0 Å². The van der Waals surface area contributed by atoms with Gasteiger partial charge >= 0.3 is 12.0 Å². The van der Waals surface area contributed by atoms with Gasteiger partial charge in [0.2, 0.25) is 27.7 Å². The number of hydrogen-bond acceptors (Lipinski definition) is 9. The van der Waals surface area contributed by atoms with Gasteiger partial charge in [0.05, 0.1) is 38.7 Å². The molecule has 0 saturated heterocycles. The molecule has 0 aliphatic heterocycles. The third-order valence-electron chi connectivity index (χ3n) is 3.67. The summed E-state index contributed by atoms with van der Waals surface area (Å²) in [5.41, 5.74) is 0.865. The number of nitrogens with one attached hydrogen (secondary N) is 2. The van der Waals surface area contributed by atoms with Gasteiger partial charge in [-0.2, -0.15) is 9.97 Å². The fourth-order valence-electron chi connectivity index (χ4n) is 2.42. The summed E-state index contributed by atoms with van der Waals surface area (Å²) >= 11 is 0. The second-order valence-electron chi connectivity index (χ2n) is 5.69. The van der Waals surface area contributed by atoms with E-state index in [1.165, 1.54) is 33.5 Å². The summed E-state index contributed by atoms with van der Waals surface area (Å²) in [7, 11) is -0.243. The number of amides is 2. The van der Waals surface area contributed by atoms with Crippen LogP contribution in [0, 0.1) is 6.92 Å². The average Bonchev–Trinajstić information content (AvgIpc) is 2.66. The molecule has 1 heterocycles. The second kappa shape index (κ2) is 9.19. The summed E-state index contributed by atoms with van der Waals surface area (Å²) in [6.45, 7) is 1.65. The van der Waals surface area contributed by atoms with Crippen LogP contribution in [0.3, 0.4) is 0 Å². The van der Waals surface area contributed by atoms with Gasteiger partial charge in [0.15, 0.2) is 0 Å². The molecule has 2 amide bonds. The second-order valence-corrected chi connectivity index (χ2v) is 7.41. The van der Waals surface area contributed by atoms with Crippen LogP contribution in [0.1, 0.15) is 21.5 Å². The molecule has 0 aliphatic rings. The number of sulfonamides is 1. The molecule has 1 aromatic heterocycles. The third kappa shape index (κ3) is 5.78. The van der Waals surface area contributed by atoms with Crippen LogP contribution in [0.2, 0.25) is 0 Å². The van der Waals surface area contributed by atoms with E-state index in [0.29, 0.717) is 5.56 Å². The van der Waals surface area contributed by atoms with E-state index in [1.54, 1.807) is 19.1 Å². The number of aromatic nitrogens is 2. The fourth-order valence-corrected chi connectivity index (χ4v) is 3.48. The van der Waals surface area contributed by atoms with Gasteiger partial charge in [-0.15, -0.1) is 0 Å². The summed E-state index contributed by atoms with van der Waals surface area (Å²) in [6.07, 6.45) is 0. The van der Waals surface area contributed by atoms with Gasteiger partial charge in [0.25, 0.3) is 0 Å². The number of nitrogens with zero attached hydrogens (tertiary/aromatic N) is 2. The molecule has 2 N–H and O–H groups in total. The molecule has 0 spiro atoms. The lowest BCUT2D eigenvalue weighted by Crippen LogP contribution is -2.36. The Balaban J connectivity index is 2.17. The van der Waals surface area contributed by atoms with Crippen LogP contribution in [-0.4, -0.2) is 51.7 Å². The molecule has 0 unspecified atom stereocenters. The van der Waals surface area contributed by atoms with Crippen molar-refractivity contribution in [3.63, 3.8) is 0 Å². The topological polar surface area (TPSA) is 146 Å². The molecule has 2 aromatic rings. The lowest BCUT2D eigenvalue weighted by Gasteiger charge is -2.12. The molecule has 0 bridgehead atoms. The van der Waals surface area contributed by atoms with Crippen molar-refractivity contribution in [2.24, 2.45) is 0 Å². The zero-order chi connectivity index (χ0) is 21.6. The van der Waals surface area contributed by atoms with Crippen molar-refractivity contribution < 1.29 is 32.2 Å². The first-order valence-corrected chi connectivity index (χ1v) is 9.79. The van der Waals surface area contributed by atoms with Crippen molar-refractivity contribution in [2.75, 3.05) is 26.6 Å². The molecular formula is C17H20N4O7S. The van der Waals surface area contributed by atoms with E-state index < -0.39 is 27.8 Å². The lowest BCUT2D eigenvalue weighted by atomic mass is 10.0. The highest BCUT2D eigenvalue weighted by molar-refractivity contribution is 7.89. The lowest BCUT2D eigenvalue weighted by molar-refractivity contribution is 0.0599. The summed E-state index contributed by atoms with van der Waals surface area (Å²) in [5, 5.41) is 2.19. The van der Waals surface area contributed by atoms with Crippen LogP contribution < -0.4 is 19.5 Å². The number of aryl methyl sites for hydroxylation is 1. The Labute approximate surface area is 167 Å². The minimum absolute atomic E-state index is 0.109. The Morgan fingerprint density at radius 3 is 2.24 bits per heavy atom.